The van der Waals surface area contributed by atoms with E-state index in [1.165, 1.54) is 16.8 Å². The largest absolute Gasteiger partial charge is 0.328 e. The summed E-state index contributed by atoms with van der Waals surface area (Å²) in [5.74, 6) is 0. The Labute approximate surface area is 181 Å². The van der Waals surface area contributed by atoms with E-state index in [9.17, 15) is 0 Å². The fourth-order valence-electron chi connectivity index (χ4n) is 4.21. The van der Waals surface area contributed by atoms with E-state index in [2.05, 4.69) is 64.0 Å². The third kappa shape index (κ3) is 3.86. The van der Waals surface area contributed by atoms with Crippen LogP contribution in [0.15, 0.2) is 72.9 Å². The van der Waals surface area contributed by atoms with E-state index in [1.807, 2.05) is 18.2 Å². The second-order valence-electron chi connectivity index (χ2n) is 8.04. The minimum atomic E-state index is 0.323. The van der Waals surface area contributed by atoms with E-state index < -0.39 is 0 Å². The van der Waals surface area contributed by atoms with Crippen molar-refractivity contribution in [3.05, 3.63) is 83.6 Å². The molecule has 0 unspecified atom stereocenters. The fourth-order valence-corrected chi connectivity index (χ4v) is 4.33. The fraction of sp³-hybridized carbons (Fsp3) is 0.240. The lowest BCUT2D eigenvalue weighted by molar-refractivity contribution is 0.203. The van der Waals surface area contributed by atoms with Crippen molar-refractivity contribution < 1.29 is 0 Å². The zero-order valence-corrected chi connectivity index (χ0v) is 17.6. The predicted molar refractivity (Wildman–Crippen MR) is 124 cm³/mol. The lowest BCUT2D eigenvalue weighted by atomic mass is 10.0. The summed E-state index contributed by atoms with van der Waals surface area (Å²) in [6, 6.07) is 23.0. The Morgan fingerprint density at radius 1 is 0.867 bits per heavy atom. The molecule has 2 aromatic carbocycles. The summed E-state index contributed by atoms with van der Waals surface area (Å²) >= 11 is 6.13. The molecule has 1 saturated heterocycles. The lowest BCUT2D eigenvalue weighted by Crippen LogP contribution is -2.39. The Kier molecular flexibility index (Phi) is 5.30. The van der Waals surface area contributed by atoms with Crippen molar-refractivity contribution in [3.63, 3.8) is 0 Å². The second-order valence-corrected chi connectivity index (χ2v) is 8.48. The Morgan fingerprint density at radius 3 is 2.30 bits per heavy atom. The van der Waals surface area contributed by atoms with E-state index in [0.29, 0.717) is 6.04 Å². The number of rotatable bonds is 4. The minimum absolute atomic E-state index is 0.323. The summed E-state index contributed by atoms with van der Waals surface area (Å²) in [6.07, 6.45) is 4.30. The summed E-state index contributed by atoms with van der Waals surface area (Å²) in [6.45, 7) is 2.89. The quantitative estimate of drug-likeness (QED) is 0.494. The number of aromatic nitrogens is 2. The number of likely N-dealkylation sites (tertiary alicyclic amines) is 1. The summed E-state index contributed by atoms with van der Waals surface area (Å²) < 4.78 is 2.25. The zero-order valence-electron chi connectivity index (χ0n) is 16.8. The molecular formula is C25H25ClN4. The van der Waals surface area contributed by atoms with E-state index in [-0.39, 0.29) is 0 Å². The molecule has 152 valence electrons. The van der Waals surface area contributed by atoms with Crippen LogP contribution in [0.3, 0.4) is 0 Å². The van der Waals surface area contributed by atoms with Gasteiger partial charge in [-0.2, -0.15) is 0 Å². The number of halogens is 1. The summed E-state index contributed by atoms with van der Waals surface area (Å²) in [5, 5.41) is 0.737. The van der Waals surface area contributed by atoms with Crippen LogP contribution < -0.4 is 5.73 Å². The first-order valence-electron chi connectivity index (χ1n) is 10.5. The third-order valence-electron chi connectivity index (χ3n) is 5.95. The minimum Gasteiger partial charge on any atom is -0.328 e. The summed E-state index contributed by atoms with van der Waals surface area (Å²) in [7, 11) is 0. The molecule has 0 saturated carbocycles. The van der Waals surface area contributed by atoms with Crippen LogP contribution in [0.2, 0.25) is 5.02 Å². The molecule has 0 amide bonds. The van der Waals surface area contributed by atoms with E-state index in [4.69, 9.17) is 22.3 Å². The second kappa shape index (κ2) is 8.23. The lowest BCUT2D eigenvalue weighted by Gasteiger charge is -2.30. The average Bonchev–Trinajstić information content (AvgIpc) is 3.14. The number of imidazole rings is 1. The number of hydrogen-bond donors (Lipinski definition) is 1. The Bertz CT molecular complexity index is 1140. The number of benzene rings is 2. The van der Waals surface area contributed by atoms with Gasteiger partial charge in [-0.15, -0.1) is 0 Å². The number of nitrogens with zero attached hydrogens (tertiary/aromatic N) is 3. The predicted octanol–water partition coefficient (Wildman–Crippen LogP) is 5.24. The molecule has 1 fully saturated rings. The number of piperidine rings is 1. The highest BCUT2D eigenvalue weighted by atomic mass is 35.5. The van der Waals surface area contributed by atoms with Gasteiger partial charge >= 0.3 is 0 Å². The normalized spacial score (nSPS) is 15.7. The average molecular weight is 417 g/mol. The van der Waals surface area contributed by atoms with Gasteiger partial charge in [0.2, 0.25) is 0 Å². The smallest absolute Gasteiger partial charge is 0.137 e. The molecule has 4 nitrogen and oxygen atoms in total. The SMILES string of the molecule is NC1CCN(Cc2c(-c3ccc(Cl)cc3)nc3ccc(-c4ccccc4)cn23)CC1. The van der Waals surface area contributed by atoms with Crippen LogP contribution in [0.4, 0.5) is 0 Å². The van der Waals surface area contributed by atoms with Gasteiger partial charge in [0.1, 0.15) is 5.65 Å². The Balaban J connectivity index is 1.61. The van der Waals surface area contributed by atoms with Crippen LogP contribution in [0.1, 0.15) is 18.5 Å². The van der Waals surface area contributed by atoms with Gasteiger partial charge in [-0.3, -0.25) is 4.90 Å². The molecule has 1 aliphatic heterocycles. The molecule has 30 heavy (non-hydrogen) atoms. The van der Waals surface area contributed by atoms with Crippen molar-refractivity contribution in [1.82, 2.24) is 14.3 Å². The number of nitrogens with two attached hydrogens (primary N) is 1. The maximum Gasteiger partial charge on any atom is 0.137 e. The van der Waals surface area contributed by atoms with Crippen LogP contribution in [-0.4, -0.2) is 33.4 Å². The molecule has 0 spiro atoms. The molecule has 0 atom stereocenters. The van der Waals surface area contributed by atoms with Crippen LogP contribution in [-0.2, 0) is 6.54 Å². The molecule has 5 rings (SSSR count). The van der Waals surface area contributed by atoms with Crippen molar-refractivity contribution in [2.45, 2.75) is 25.4 Å². The van der Waals surface area contributed by atoms with E-state index >= 15 is 0 Å². The highest BCUT2D eigenvalue weighted by Gasteiger charge is 2.21. The van der Waals surface area contributed by atoms with Gasteiger partial charge < -0.3 is 10.1 Å². The molecule has 5 heteroatoms. The first-order valence-corrected chi connectivity index (χ1v) is 10.9. The number of fused-ring (bicyclic) bond motifs is 1. The highest BCUT2D eigenvalue weighted by Crippen LogP contribution is 2.29. The monoisotopic (exact) mass is 416 g/mol. The third-order valence-corrected chi connectivity index (χ3v) is 6.20. The Morgan fingerprint density at radius 2 is 1.57 bits per heavy atom. The van der Waals surface area contributed by atoms with Crippen molar-refractivity contribution in [1.29, 1.82) is 0 Å². The van der Waals surface area contributed by atoms with Gasteiger partial charge in [-0.05, 0) is 48.2 Å². The van der Waals surface area contributed by atoms with Crippen LogP contribution in [0.25, 0.3) is 28.0 Å². The van der Waals surface area contributed by atoms with Gasteiger partial charge in [-0.25, -0.2) is 4.98 Å². The molecule has 3 heterocycles. The van der Waals surface area contributed by atoms with Gasteiger partial charge in [0.15, 0.2) is 0 Å². The van der Waals surface area contributed by atoms with Crippen molar-refractivity contribution in [2.24, 2.45) is 5.73 Å². The highest BCUT2D eigenvalue weighted by molar-refractivity contribution is 6.30. The number of hydrogen-bond acceptors (Lipinski definition) is 3. The maximum absolute atomic E-state index is 6.13. The van der Waals surface area contributed by atoms with Crippen molar-refractivity contribution in [2.75, 3.05) is 13.1 Å². The Hall–Kier alpha value is -2.66. The first kappa shape index (κ1) is 19.3. The molecule has 1 aliphatic rings. The molecule has 4 aromatic rings. The van der Waals surface area contributed by atoms with Crippen LogP contribution >= 0.6 is 11.6 Å². The topological polar surface area (TPSA) is 46.6 Å². The maximum atomic E-state index is 6.13. The number of pyridine rings is 1. The van der Waals surface area contributed by atoms with Crippen LogP contribution in [0.5, 0.6) is 0 Å². The van der Waals surface area contributed by atoms with Crippen molar-refractivity contribution in [3.8, 4) is 22.4 Å². The molecule has 0 aliphatic carbocycles. The van der Waals surface area contributed by atoms with Crippen molar-refractivity contribution >= 4 is 17.2 Å². The van der Waals surface area contributed by atoms with E-state index in [1.54, 1.807) is 0 Å². The molecule has 0 radical (unpaired) electrons. The van der Waals surface area contributed by atoms with Gasteiger partial charge in [0, 0.05) is 42.5 Å². The van der Waals surface area contributed by atoms with Gasteiger partial charge in [-0.1, -0.05) is 54.1 Å². The first-order chi connectivity index (χ1) is 14.7. The summed E-state index contributed by atoms with van der Waals surface area (Å²) in [5.41, 5.74) is 12.8. The standard InChI is InChI=1S/C25H25ClN4/c26-21-9-6-19(7-10-21)25-23(17-29-14-12-22(27)13-15-29)30-16-20(8-11-24(30)28-25)18-4-2-1-3-5-18/h1-11,16,22H,12-15,17,27H2. The molecule has 0 bridgehead atoms. The molecular weight excluding hydrogens is 392 g/mol. The zero-order chi connectivity index (χ0) is 20.5. The van der Waals surface area contributed by atoms with E-state index in [0.717, 1.165) is 54.4 Å². The van der Waals surface area contributed by atoms with Gasteiger partial charge in [0.25, 0.3) is 0 Å². The molecule has 2 aromatic heterocycles. The molecule has 2 N–H and O–H groups in total. The van der Waals surface area contributed by atoms with Crippen LogP contribution in [0, 0.1) is 0 Å². The van der Waals surface area contributed by atoms with Gasteiger partial charge in [0.05, 0.1) is 11.4 Å². The summed E-state index contributed by atoms with van der Waals surface area (Å²) in [4.78, 5) is 7.48.